The summed E-state index contributed by atoms with van der Waals surface area (Å²) in [4.78, 5) is 54.7. The lowest BCUT2D eigenvalue weighted by atomic mass is 9.95. The van der Waals surface area contributed by atoms with E-state index in [-0.39, 0.29) is 42.9 Å². The summed E-state index contributed by atoms with van der Waals surface area (Å²) in [6, 6.07) is 2.10. The molecule has 0 aromatic heterocycles. The first kappa shape index (κ1) is 33.2. The summed E-state index contributed by atoms with van der Waals surface area (Å²) in [6.45, 7) is 7.29. The van der Waals surface area contributed by atoms with Gasteiger partial charge in [0.15, 0.2) is 5.96 Å². The maximum atomic E-state index is 13.2. The minimum absolute atomic E-state index is 0.0859. The van der Waals surface area contributed by atoms with Gasteiger partial charge in [0.25, 0.3) is 0 Å². The van der Waals surface area contributed by atoms with Crippen LogP contribution in [-0.4, -0.2) is 70.6 Å². The molecule has 0 bridgehead atoms. The number of aromatic hydroxyl groups is 1. The molecular weight excluding hydrogens is 506 g/mol. The van der Waals surface area contributed by atoms with Gasteiger partial charge in [-0.3, -0.25) is 19.4 Å². The Morgan fingerprint density at radius 1 is 0.923 bits per heavy atom. The van der Waals surface area contributed by atoms with Crippen LogP contribution >= 0.6 is 0 Å². The third-order valence-electron chi connectivity index (χ3n) is 6.33. The van der Waals surface area contributed by atoms with Crippen molar-refractivity contribution < 1.29 is 29.4 Å². The zero-order chi connectivity index (χ0) is 29.7. The van der Waals surface area contributed by atoms with Crippen LogP contribution < -0.4 is 33.2 Å². The molecule has 0 saturated heterocycles. The first-order chi connectivity index (χ1) is 18.3. The fourth-order valence-corrected chi connectivity index (χ4v) is 3.74. The zero-order valence-electron chi connectivity index (χ0n) is 23.0. The van der Waals surface area contributed by atoms with Gasteiger partial charge in [-0.15, -0.1) is 0 Å². The third-order valence-corrected chi connectivity index (χ3v) is 6.33. The highest BCUT2D eigenvalue weighted by atomic mass is 16.4. The number of carbonyl (C=O) groups is 4. The van der Waals surface area contributed by atoms with Crippen LogP contribution in [-0.2, 0) is 25.6 Å². The molecule has 0 saturated carbocycles. The predicted octanol–water partition coefficient (Wildman–Crippen LogP) is -0.443. The van der Waals surface area contributed by atoms with Gasteiger partial charge in [0, 0.05) is 6.54 Å². The lowest BCUT2D eigenvalue weighted by Crippen LogP contribution is -2.59. The van der Waals surface area contributed by atoms with Crippen molar-refractivity contribution in [3.8, 4) is 5.75 Å². The third kappa shape index (κ3) is 11.6. The lowest BCUT2D eigenvalue weighted by molar-refractivity contribution is -0.143. The van der Waals surface area contributed by atoms with Crippen LogP contribution in [0.1, 0.15) is 52.5 Å². The number of guanidine groups is 1. The molecular formula is C26H43N7O6. The molecule has 39 heavy (non-hydrogen) atoms. The minimum Gasteiger partial charge on any atom is -0.508 e. The van der Waals surface area contributed by atoms with Crippen LogP contribution in [0.25, 0.3) is 0 Å². The van der Waals surface area contributed by atoms with Crippen LogP contribution in [0.4, 0.5) is 0 Å². The van der Waals surface area contributed by atoms with Crippen LogP contribution in [0.3, 0.4) is 0 Å². The Morgan fingerprint density at radius 3 is 2.00 bits per heavy atom. The summed E-state index contributed by atoms with van der Waals surface area (Å²) in [5.41, 5.74) is 17.3. The first-order valence-corrected chi connectivity index (χ1v) is 13.0. The molecule has 1 aromatic rings. The van der Waals surface area contributed by atoms with Gasteiger partial charge in [0.2, 0.25) is 17.7 Å². The Morgan fingerprint density at radius 2 is 1.49 bits per heavy atom. The molecule has 0 radical (unpaired) electrons. The maximum absolute atomic E-state index is 13.2. The van der Waals surface area contributed by atoms with Gasteiger partial charge in [0.05, 0.1) is 6.04 Å². The van der Waals surface area contributed by atoms with E-state index in [0.717, 1.165) is 5.56 Å². The Balaban J connectivity index is 2.92. The second-order valence-corrected chi connectivity index (χ2v) is 9.93. The number of carbonyl (C=O) groups excluding carboxylic acids is 3. The topological polar surface area (TPSA) is 235 Å². The number of carboxylic acid groups (broad SMARTS) is 1. The number of benzene rings is 1. The summed E-state index contributed by atoms with van der Waals surface area (Å²) in [5.74, 6) is -3.69. The summed E-state index contributed by atoms with van der Waals surface area (Å²) in [7, 11) is 0. The number of carboxylic acids is 1. The zero-order valence-corrected chi connectivity index (χ0v) is 23.0. The molecule has 0 spiro atoms. The van der Waals surface area contributed by atoms with E-state index in [9.17, 15) is 29.4 Å². The molecule has 218 valence electrons. The molecule has 1 rings (SSSR count). The van der Waals surface area contributed by atoms with E-state index in [1.165, 1.54) is 12.1 Å². The smallest absolute Gasteiger partial charge is 0.326 e. The van der Waals surface area contributed by atoms with Crippen molar-refractivity contribution in [3.05, 3.63) is 29.8 Å². The van der Waals surface area contributed by atoms with Crippen molar-refractivity contribution in [1.82, 2.24) is 16.0 Å². The summed E-state index contributed by atoms with van der Waals surface area (Å²) in [5, 5.41) is 26.8. The second kappa shape index (κ2) is 16.2. The van der Waals surface area contributed by atoms with Gasteiger partial charge in [-0.25, -0.2) is 4.79 Å². The van der Waals surface area contributed by atoms with Gasteiger partial charge in [-0.1, -0.05) is 46.2 Å². The molecule has 0 aliphatic rings. The molecule has 0 fully saturated rings. The van der Waals surface area contributed by atoms with E-state index in [1.807, 2.05) is 6.92 Å². The average molecular weight is 550 g/mol. The molecule has 3 amide bonds. The SMILES string of the molecule is CCC(C)C(NC(=O)C(NC(=O)C(N)Cc1ccc(O)cc1)C(C)C)C(=O)NC(CCCN=C(N)N)C(=O)O. The highest BCUT2D eigenvalue weighted by Gasteiger charge is 2.33. The minimum atomic E-state index is -1.22. The molecule has 0 aliphatic carbocycles. The number of nitrogens with one attached hydrogen (secondary N) is 3. The molecule has 0 aliphatic heterocycles. The lowest BCUT2D eigenvalue weighted by Gasteiger charge is -2.29. The molecule has 13 nitrogen and oxygen atoms in total. The number of aliphatic imine (C=N–C) groups is 1. The Hall–Kier alpha value is -3.87. The standard InChI is InChI=1S/C26H43N7O6/c1-5-15(4)21(24(37)31-19(25(38)39)7-6-12-30-26(28)29)33-23(36)20(14(2)3)32-22(35)18(27)13-16-8-10-17(34)11-9-16/h8-11,14-15,18-21,34H,5-7,12-13,27H2,1-4H3,(H,31,37)(H,32,35)(H,33,36)(H,38,39)(H4,28,29,30). The van der Waals surface area contributed by atoms with Crippen molar-refractivity contribution in [2.24, 2.45) is 34.0 Å². The monoisotopic (exact) mass is 549 g/mol. The molecule has 0 heterocycles. The van der Waals surface area contributed by atoms with Crippen LogP contribution in [0, 0.1) is 11.8 Å². The number of nitrogens with zero attached hydrogens (tertiary/aromatic N) is 1. The molecule has 5 atom stereocenters. The van der Waals surface area contributed by atoms with Crippen LogP contribution in [0.2, 0.25) is 0 Å². The quantitative estimate of drug-likeness (QED) is 0.0756. The average Bonchev–Trinajstić information content (AvgIpc) is 2.87. The highest BCUT2D eigenvalue weighted by molar-refractivity contribution is 5.94. The van der Waals surface area contributed by atoms with Gasteiger partial charge < -0.3 is 43.4 Å². The molecule has 11 N–H and O–H groups in total. The predicted molar refractivity (Wildman–Crippen MR) is 147 cm³/mol. The second-order valence-electron chi connectivity index (χ2n) is 9.93. The van der Waals surface area contributed by atoms with Crippen molar-refractivity contribution in [2.75, 3.05) is 6.54 Å². The van der Waals surface area contributed by atoms with Crippen molar-refractivity contribution >= 4 is 29.7 Å². The summed E-state index contributed by atoms with van der Waals surface area (Å²) < 4.78 is 0. The number of phenols is 1. The van der Waals surface area contributed by atoms with E-state index in [4.69, 9.17) is 17.2 Å². The number of hydrogen-bond acceptors (Lipinski definition) is 7. The number of rotatable bonds is 16. The van der Waals surface area contributed by atoms with Gasteiger partial charge in [-0.2, -0.15) is 0 Å². The van der Waals surface area contributed by atoms with Crippen molar-refractivity contribution in [2.45, 2.75) is 77.5 Å². The van der Waals surface area contributed by atoms with E-state index < -0.39 is 47.9 Å². The number of amides is 3. The fourth-order valence-electron chi connectivity index (χ4n) is 3.74. The van der Waals surface area contributed by atoms with Crippen LogP contribution in [0.5, 0.6) is 5.75 Å². The van der Waals surface area contributed by atoms with E-state index in [0.29, 0.717) is 12.8 Å². The molecule has 13 heteroatoms. The van der Waals surface area contributed by atoms with E-state index in [1.54, 1.807) is 32.9 Å². The molecule has 1 aromatic carbocycles. The van der Waals surface area contributed by atoms with Gasteiger partial charge >= 0.3 is 5.97 Å². The largest absolute Gasteiger partial charge is 0.508 e. The highest BCUT2D eigenvalue weighted by Crippen LogP contribution is 2.13. The van der Waals surface area contributed by atoms with Crippen LogP contribution in [0.15, 0.2) is 29.3 Å². The number of aliphatic carboxylic acids is 1. The van der Waals surface area contributed by atoms with Gasteiger partial charge in [0.1, 0.15) is 23.9 Å². The van der Waals surface area contributed by atoms with Crippen molar-refractivity contribution in [3.63, 3.8) is 0 Å². The number of nitrogens with two attached hydrogens (primary N) is 3. The normalized spacial score (nSPS) is 14.8. The molecule has 5 unspecified atom stereocenters. The van der Waals surface area contributed by atoms with E-state index in [2.05, 4.69) is 20.9 Å². The Kier molecular flexibility index (Phi) is 13.7. The Bertz CT molecular complexity index is 995. The fraction of sp³-hybridized carbons (Fsp3) is 0.577. The van der Waals surface area contributed by atoms with Gasteiger partial charge in [-0.05, 0) is 48.8 Å². The maximum Gasteiger partial charge on any atom is 0.326 e. The summed E-state index contributed by atoms with van der Waals surface area (Å²) in [6.07, 6.45) is 1.12. The van der Waals surface area contributed by atoms with E-state index >= 15 is 0 Å². The Labute approximate surface area is 229 Å². The first-order valence-electron chi connectivity index (χ1n) is 13.0. The summed E-state index contributed by atoms with van der Waals surface area (Å²) >= 11 is 0. The van der Waals surface area contributed by atoms with Crippen molar-refractivity contribution in [1.29, 1.82) is 0 Å². The number of phenolic OH excluding ortho intramolecular Hbond substituents is 1. The number of hydrogen-bond donors (Lipinski definition) is 8.